The predicted molar refractivity (Wildman–Crippen MR) is 124 cm³/mol. The van der Waals surface area contributed by atoms with Crippen LogP contribution in [0, 0.1) is 5.82 Å². The van der Waals surface area contributed by atoms with Gasteiger partial charge in [0, 0.05) is 42.4 Å². The number of likely N-dealkylation sites (tertiary alicyclic amines) is 1. The number of amides is 3. The number of imide groups is 1. The van der Waals surface area contributed by atoms with Crippen LogP contribution in [0.1, 0.15) is 58.8 Å². The molecule has 1 aromatic heterocycles. The quantitative estimate of drug-likeness (QED) is 0.582. The lowest BCUT2D eigenvalue weighted by Crippen LogP contribution is -2.52. The molecule has 1 N–H and O–H groups in total. The van der Waals surface area contributed by atoms with Crippen LogP contribution >= 0.6 is 0 Å². The first kappa shape index (κ1) is 21.9. The summed E-state index contributed by atoms with van der Waals surface area (Å²) in [7, 11) is 0. The molecular formula is C26H25FN4O4. The van der Waals surface area contributed by atoms with Crippen LogP contribution < -0.4 is 5.32 Å². The lowest BCUT2D eigenvalue weighted by molar-refractivity contribution is -0.136. The van der Waals surface area contributed by atoms with Crippen LogP contribution in [0.25, 0.3) is 11.0 Å². The van der Waals surface area contributed by atoms with Gasteiger partial charge in [0.2, 0.25) is 11.8 Å². The second-order valence-corrected chi connectivity index (χ2v) is 9.65. The first-order valence-corrected chi connectivity index (χ1v) is 12.0. The number of nitrogens with one attached hydrogen (secondary N) is 1. The molecule has 4 heterocycles. The van der Waals surface area contributed by atoms with Crippen LogP contribution in [0.4, 0.5) is 4.39 Å². The lowest BCUT2D eigenvalue weighted by atomic mass is 9.91. The molecule has 3 aliphatic heterocycles. The number of hydrogen-bond acceptors (Lipinski definition) is 6. The Bertz CT molecular complexity index is 1340. The van der Waals surface area contributed by atoms with E-state index in [1.807, 2.05) is 12.1 Å². The summed E-state index contributed by atoms with van der Waals surface area (Å²) in [5.41, 5.74) is 4.08. The molecule has 0 bridgehead atoms. The third kappa shape index (κ3) is 3.99. The topological polar surface area (TPSA) is 95.8 Å². The number of carbonyl (C=O) groups is 3. The van der Waals surface area contributed by atoms with E-state index in [9.17, 15) is 18.8 Å². The van der Waals surface area contributed by atoms with Gasteiger partial charge < -0.3 is 9.42 Å². The van der Waals surface area contributed by atoms with Gasteiger partial charge in [0.25, 0.3) is 5.91 Å². The van der Waals surface area contributed by atoms with E-state index >= 15 is 0 Å². The Labute approximate surface area is 201 Å². The Hall–Kier alpha value is -3.59. The summed E-state index contributed by atoms with van der Waals surface area (Å²) in [6.45, 7) is 2.96. The summed E-state index contributed by atoms with van der Waals surface area (Å²) in [5.74, 6) is -0.881. The number of hydrogen-bond donors (Lipinski definition) is 1. The molecule has 2 fully saturated rings. The molecule has 3 aromatic rings. The largest absolute Gasteiger partial charge is 0.356 e. The van der Waals surface area contributed by atoms with E-state index in [-0.39, 0.29) is 30.0 Å². The van der Waals surface area contributed by atoms with Gasteiger partial charge in [0.15, 0.2) is 5.58 Å². The third-order valence-electron chi connectivity index (χ3n) is 7.43. The van der Waals surface area contributed by atoms with Crippen LogP contribution in [-0.4, -0.2) is 51.8 Å². The maximum absolute atomic E-state index is 13.5. The Morgan fingerprint density at radius 1 is 1.06 bits per heavy atom. The SMILES string of the molecule is O=C1CCC(N2Cc3cc(CN4CCC(c5noc6cc(F)ccc56)CC4)ccc3C2=O)C(=O)N1. The molecule has 8 nitrogen and oxygen atoms in total. The number of benzene rings is 2. The zero-order chi connectivity index (χ0) is 24.1. The van der Waals surface area contributed by atoms with Crippen molar-refractivity contribution in [2.45, 2.75) is 50.7 Å². The molecule has 0 aliphatic carbocycles. The van der Waals surface area contributed by atoms with E-state index < -0.39 is 11.9 Å². The summed E-state index contributed by atoms with van der Waals surface area (Å²) in [4.78, 5) is 40.6. The van der Waals surface area contributed by atoms with E-state index in [1.54, 1.807) is 11.0 Å². The van der Waals surface area contributed by atoms with Gasteiger partial charge in [-0.3, -0.25) is 24.6 Å². The highest BCUT2D eigenvalue weighted by atomic mass is 19.1. The summed E-state index contributed by atoms with van der Waals surface area (Å²) < 4.78 is 18.8. The molecule has 2 aromatic carbocycles. The molecule has 0 radical (unpaired) electrons. The van der Waals surface area contributed by atoms with Crippen molar-refractivity contribution in [3.63, 3.8) is 0 Å². The van der Waals surface area contributed by atoms with Crippen LogP contribution in [0.2, 0.25) is 0 Å². The van der Waals surface area contributed by atoms with Gasteiger partial charge in [-0.1, -0.05) is 17.3 Å². The summed E-state index contributed by atoms with van der Waals surface area (Å²) in [5, 5.41) is 7.45. The number of rotatable bonds is 4. The number of carbonyl (C=O) groups excluding carboxylic acids is 3. The molecule has 9 heteroatoms. The van der Waals surface area contributed by atoms with E-state index in [1.165, 1.54) is 12.1 Å². The van der Waals surface area contributed by atoms with Gasteiger partial charge in [0.1, 0.15) is 11.9 Å². The van der Waals surface area contributed by atoms with Gasteiger partial charge in [-0.05, 0) is 61.7 Å². The molecule has 1 unspecified atom stereocenters. The smallest absolute Gasteiger partial charge is 0.255 e. The van der Waals surface area contributed by atoms with Crippen LogP contribution in [-0.2, 0) is 22.7 Å². The summed E-state index contributed by atoms with van der Waals surface area (Å²) in [6.07, 6.45) is 2.48. The van der Waals surface area contributed by atoms with Gasteiger partial charge in [0.05, 0.1) is 5.69 Å². The molecule has 35 heavy (non-hydrogen) atoms. The maximum Gasteiger partial charge on any atom is 0.255 e. The van der Waals surface area contributed by atoms with E-state index in [4.69, 9.17) is 4.52 Å². The third-order valence-corrected chi connectivity index (χ3v) is 7.43. The minimum Gasteiger partial charge on any atom is -0.356 e. The first-order chi connectivity index (χ1) is 17.0. The number of fused-ring (bicyclic) bond motifs is 2. The van der Waals surface area contributed by atoms with E-state index in [0.29, 0.717) is 24.1 Å². The Balaban J connectivity index is 1.10. The van der Waals surface area contributed by atoms with E-state index in [2.05, 4.69) is 21.4 Å². The Kier molecular flexibility index (Phi) is 5.36. The molecule has 180 valence electrons. The van der Waals surface area contributed by atoms with Crippen LogP contribution in [0.15, 0.2) is 40.9 Å². The number of nitrogens with zero attached hydrogens (tertiary/aromatic N) is 3. The van der Waals surface area contributed by atoms with Crippen molar-refractivity contribution in [2.75, 3.05) is 13.1 Å². The van der Waals surface area contributed by atoms with Gasteiger partial charge in [-0.2, -0.15) is 0 Å². The molecule has 3 aliphatic rings. The fraction of sp³-hybridized carbons (Fsp3) is 0.385. The van der Waals surface area contributed by atoms with Crippen molar-refractivity contribution in [1.29, 1.82) is 0 Å². The second kappa shape index (κ2) is 8.57. The number of piperidine rings is 2. The molecular weight excluding hydrogens is 451 g/mol. The minimum absolute atomic E-state index is 0.151. The highest BCUT2D eigenvalue weighted by molar-refractivity contribution is 6.05. The average molecular weight is 477 g/mol. The molecule has 0 saturated carbocycles. The second-order valence-electron chi connectivity index (χ2n) is 9.65. The highest BCUT2D eigenvalue weighted by Crippen LogP contribution is 2.34. The van der Waals surface area contributed by atoms with Gasteiger partial charge in [-0.25, -0.2) is 4.39 Å². The minimum atomic E-state index is -0.598. The standard InChI is InChI=1S/C26H25FN4O4/c27-18-2-4-20-22(12-18)35-29-24(20)16-7-9-30(10-8-16)13-15-1-3-19-17(11-15)14-31(26(19)34)21-5-6-23(32)28-25(21)33/h1-4,11-12,16,21H,5-10,13-14H2,(H,28,32,33). The van der Waals surface area contributed by atoms with Crippen LogP contribution in [0.3, 0.4) is 0 Å². The first-order valence-electron chi connectivity index (χ1n) is 12.0. The monoisotopic (exact) mass is 476 g/mol. The molecule has 3 amide bonds. The number of halogens is 1. The van der Waals surface area contributed by atoms with Crippen molar-refractivity contribution < 1.29 is 23.3 Å². The molecule has 1 atom stereocenters. The van der Waals surface area contributed by atoms with Crippen molar-refractivity contribution in [2.24, 2.45) is 0 Å². The Morgan fingerprint density at radius 2 is 1.89 bits per heavy atom. The zero-order valence-electron chi connectivity index (χ0n) is 19.1. The normalized spacial score (nSPS) is 21.6. The lowest BCUT2D eigenvalue weighted by Gasteiger charge is -2.31. The fourth-order valence-electron chi connectivity index (χ4n) is 5.57. The Morgan fingerprint density at radius 3 is 2.69 bits per heavy atom. The van der Waals surface area contributed by atoms with Crippen LogP contribution in [0.5, 0.6) is 0 Å². The molecule has 2 saturated heterocycles. The summed E-state index contributed by atoms with van der Waals surface area (Å²) >= 11 is 0. The summed E-state index contributed by atoms with van der Waals surface area (Å²) in [6, 6.07) is 9.86. The van der Waals surface area contributed by atoms with Crippen molar-refractivity contribution in [3.8, 4) is 0 Å². The predicted octanol–water partition coefficient (Wildman–Crippen LogP) is 3.11. The average Bonchev–Trinajstić information content (AvgIpc) is 3.40. The maximum atomic E-state index is 13.5. The highest BCUT2D eigenvalue weighted by Gasteiger charge is 2.39. The van der Waals surface area contributed by atoms with Crippen molar-refractivity contribution >= 4 is 28.7 Å². The van der Waals surface area contributed by atoms with Crippen molar-refractivity contribution in [3.05, 3.63) is 64.6 Å². The zero-order valence-corrected chi connectivity index (χ0v) is 19.1. The van der Waals surface area contributed by atoms with E-state index in [0.717, 1.165) is 54.7 Å². The fourth-order valence-corrected chi connectivity index (χ4v) is 5.57. The number of aromatic nitrogens is 1. The molecule has 6 rings (SSSR count). The van der Waals surface area contributed by atoms with Gasteiger partial charge >= 0.3 is 0 Å². The molecule has 0 spiro atoms. The van der Waals surface area contributed by atoms with Crippen molar-refractivity contribution in [1.82, 2.24) is 20.3 Å². The van der Waals surface area contributed by atoms with Gasteiger partial charge in [-0.15, -0.1) is 0 Å².